The van der Waals surface area contributed by atoms with Crippen LogP contribution in [-0.4, -0.2) is 25.1 Å². The zero-order valence-electron chi connectivity index (χ0n) is 16.1. The molecule has 0 bridgehead atoms. The van der Waals surface area contributed by atoms with Crippen molar-refractivity contribution in [3.05, 3.63) is 78.0 Å². The molecule has 6 nitrogen and oxygen atoms in total. The van der Waals surface area contributed by atoms with Gasteiger partial charge >= 0.3 is 0 Å². The van der Waals surface area contributed by atoms with Crippen molar-refractivity contribution in [3.8, 4) is 11.6 Å². The molecule has 0 saturated heterocycles. The molecule has 2 N–H and O–H groups in total. The minimum absolute atomic E-state index is 0.203. The number of hydrogen-bond donors (Lipinski definition) is 2. The van der Waals surface area contributed by atoms with Gasteiger partial charge in [-0.3, -0.25) is 4.79 Å². The van der Waals surface area contributed by atoms with Gasteiger partial charge < -0.3 is 20.1 Å². The zero-order valence-corrected chi connectivity index (χ0v) is 16.1. The second-order valence-electron chi connectivity index (χ2n) is 6.27. The first-order chi connectivity index (χ1) is 13.6. The Labute approximate surface area is 164 Å². The van der Waals surface area contributed by atoms with E-state index in [0.717, 1.165) is 11.1 Å². The van der Waals surface area contributed by atoms with Gasteiger partial charge in [-0.05, 0) is 36.2 Å². The molecule has 0 aliphatic carbocycles. The summed E-state index contributed by atoms with van der Waals surface area (Å²) in [7, 11) is 3.14. The lowest BCUT2D eigenvalue weighted by Gasteiger charge is -2.21. The highest BCUT2D eigenvalue weighted by Gasteiger charge is 2.22. The molecule has 2 aromatic carbocycles. The number of nitrogens with one attached hydrogen (secondary N) is 2. The number of carbonyl (C=O) groups is 1. The summed E-state index contributed by atoms with van der Waals surface area (Å²) in [6.45, 7) is 1.96. The van der Waals surface area contributed by atoms with E-state index in [4.69, 9.17) is 9.47 Å². The molecule has 1 amide bonds. The van der Waals surface area contributed by atoms with E-state index in [1.165, 1.54) is 0 Å². The van der Waals surface area contributed by atoms with Crippen molar-refractivity contribution in [1.82, 2.24) is 4.98 Å². The Hall–Kier alpha value is -3.54. The third kappa shape index (κ3) is 4.59. The van der Waals surface area contributed by atoms with Gasteiger partial charge in [-0.15, -0.1) is 0 Å². The fourth-order valence-corrected chi connectivity index (χ4v) is 2.82. The molecule has 1 heterocycles. The van der Waals surface area contributed by atoms with Crippen molar-refractivity contribution in [1.29, 1.82) is 0 Å². The van der Waals surface area contributed by atoms with E-state index in [2.05, 4.69) is 15.6 Å². The van der Waals surface area contributed by atoms with Gasteiger partial charge in [-0.25, -0.2) is 4.98 Å². The van der Waals surface area contributed by atoms with Crippen LogP contribution in [0.3, 0.4) is 0 Å². The number of rotatable bonds is 7. The summed E-state index contributed by atoms with van der Waals surface area (Å²) in [5.41, 5.74) is 3.20. The Bertz CT molecular complexity index is 928. The minimum atomic E-state index is -0.610. The highest BCUT2D eigenvalue weighted by atomic mass is 16.5. The van der Waals surface area contributed by atoms with E-state index < -0.39 is 6.04 Å². The van der Waals surface area contributed by atoms with Gasteiger partial charge in [0.2, 0.25) is 5.88 Å². The van der Waals surface area contributed by atoms with Gasteiger partial charge in [0, 0.05) is 6.07 Å². The molecule has 0 fully saturated rings. The molecule has 0 aliphatic heterocycles. The quantitative estimate of drug-likeness (QED) is 0.646. The van der Waals surface area contributed by atoms with E-state index in [1.54, 1.807) is 26.5 Å². The van der Waals surface area contributed by atoms with Gasteiger partial charge in [-0.1, -0.05) is 36.4 Å². The Morgan fingerprint density at radius 3 is 2.43 bits per heavy atom. The summed E-state index contributed by atoms with van der Waals surface area (Å²) in [4.78, 5) is 17.3. The maximum atomic E-state index is 13.1. The number of ether oxygens (including phenoxy) is 2. The highest BCUT2D eigenvalue weighted by Crippen LogP contribution is 2.28. The van der Waals surface area contributed by atoms with E-state index in [9.17, 15) is 4.79 Å². The number of methoxy groups -OCH3 is 2. The molecule has 28 heavy (non-hydrogen) atoms. The maximum Gasteiger partial charge on any atom is 0.251 e. The fraction of sp³-hybridized carbons (Fsp3) is 0.182. The van der Waals surface area contributed by atoms with Crippen molar-refractivity contribution in [2.24, 2.45) is 0 Å². The van der Waals surface area contributed by atoms with Gasteiger partial charge in [0.15, 0.2) is 0 Å². The largest absolute Gasteiger partial charge is 0.495 e. The monoisotopic (exact) mass is 377 g/mol. The standard InChI is InChI=1S/C22H23N3O3/c1-15-9-11-19(27-2)18(13-15)25-22(26)21(16-7-5-4-6-8-16)24-17-10-12-20(28-3)23-14-17/h4-14,21,24H,1-3H3,(H,25,26)/t21-/m0/s1. The first-order valence-electron chi connectivity index (χ1n) is 8.87. The number of benzene rings is 2. The van der Waals surface area contributed by atoms with Crippen LogP contribution >= 0.6 is 0 Å². The van der Waals surface area contributed by atoms with Crippen molar-refractivity contribution in [2.45, 2.75) is 13.0 Å². The first kappa shape index (κ1) is 19.2. The van der Waals surface area contributed by atoms with E-state index in [1.807, 2.05) is 61.5 Å². The lowest BCUT2D eigenvalue weighted by atomic mass is 10.1. The minimum Gasteiger partial charge on any atom is -0.495 e. The van der Waals surface area contributed by atoms with Gasteiger partial charge in [-0.2, -0.15) is 0 Å². The summed E-state index contributed by atoms with van der Waals surface area (Å²) in [6, 6.07) is 18.1. The average Bonchev–Trinajstić information content (AvgIpc) is 2.73. The number of aryl methyl sites for hydroxylation is 1. The van der Waals surface area contributed by atoms with Crippen LogP contribution in [0.15, 0.2) is 66.9 Å². The molecular weight excluding hydrogens is 354 g/mol. The smallest absolute Gasteiger partial charge is 0.251 e. The van der Waals surface area contributed by atoms with Gasteiger partial charge in [0.1, 0.15) is 11.8 Å². The van der Waals surface area contributed by atoms with Crippen LogP contribution in [0.4, 0.5) is 11.4 Å². The first-order valence-corrected chi connectivity index (χ1v) is 8.87. The predicted molar refractivity (Wildman–Crippen MR) is 110 cm³/mol. The summed E-state index contributed by atoms with van der Waals surface area (Å²) < 4.78 is 10.5. The number of carbonyl (C=O) groups excluding carboxylic acids is 1. The molecule has 6 heteroatoms. The lowest BCUT2D eigenvalue weighted by molar-refractivity contribution is -0.117. The van der Waals surface area contributed by atoms with E-state index >= 15 is 0 Å². The molecule has 3 rings (SSSR count). The SMILES string of the molecule is COc1ccc(N[C@H](C(=O)Nc2cc(C)ccc2OC)c2ccccc2)cn1. The highest BCUT2D eigenvalue weighted by molar-refractivity contribution is 5.98. The molecule has 1 aromatic heterocycles. The van der Waals surface area contributed by atoms with Crippen LogP contribution < -0.4 is 20.1 Å². The number of aromatic nitrogens is 1. The average molecular weight is 377 g/mol. The molecule has 0 spiro atoms. The predicted octanol–water partition coefficient (Wildman–Crippen LogP) is 4.20. The molecule has 0 saturated carbocycles. The van der Waals surface area contributed by atoms with Gasteiger partial charge in [0.05, 0.1) is 31.8 Å². The second-order valence-corrected chi connectivity index (χ2v) is 6.27. The van der Waals surface area contributed by atoms with E-state index in [0.29, 0.717) is 23.0 Å². The Balaban J connectivity index is 1.88. The van der Waals surface area contributed by atoms with Gasteiger partial charge in [0.25, 0.3) is 5.91 Å². The summed E-state index contributed by atoms with van der Waals surface area (Å²) in [5, 5.41) is 6.22. The van der Waals surface area contributed by atoms with Crippen LogP contribution in [-0.2, 0) is 4.79 Å². The topological polar surface area (TPSA) is 72.5 Å². The zero-order chi connectivity index (χ0) is 19.9. The number of anilines is 2. The van der Waals surface area contributed by atoms with E-state index in [-0.39, 0.29) is 5.91 Å². The number of hydrogen-bond acceptors (Lipinski definition) is 5. The molecule has 0 unspecified atom stereocenters. The van der Waals surface area contributed by atoms with Crippen molar-refractivity contribution in [3.63, 3.8) is 0 Å². The Morgan fingerprint density at radius 2 is 1.79 bits per heavy atom. The molecule has 144 valence electrons. The second kappa shape index (κ2) is 8.90. The number of nitrogens with zero attached hydrogens (tertiary/aromatic N) is 1. The molecular formula is C22H23N3O3. The third-order valence-corrected chi connectivity index (χ3v) is 4.26. The molecule has 0 aliphatic rings. The summed E-state index contributed by atoms with van der Waals surface area (Å²) >= 11 is 0. The Morgan fingerprint density at radius 1 is 1.00 bits per heavy atom. The molecule has 0 radical (unpaired) electrons. The van der Waals surface area contributed by atoms with Crippen LogP contribution in [0.1, 0.15) is 17.2 Å². The van der Waals surface area contributed by atoms with Crippen molar-refractivity contribution >= 4 is 17.3 Å². The number of amides is 1. The molecule has 1 atom stereocenters. The summed E-state index contributed by atoms with van der Waals surface area (Å²) in [5.74, 6) is 0.915. The summed E-state index contributed by atoms with van der Waals surface area (Å²) in [6.07, 6.45) is 1.63. The normalized spacial score (nSPS) is 11.4. The van der Waals surface area contributed by atoms with Crippen LogP contribution in [0.25, 0.3) is 0 Å². The number of pyridine rings is 1. The maximum absolute atomic E-state index is 13.1. The van der Waals surface area contributed by atoms with Crippen molar-refractivity contribution in [2.75, 3.05) is 24.9 Å². The van der Waals surface area contributed by atoms with Crippen LogP contribution in [0.2, 0.25) is 0 Å². The lowest BCUT2D eigenvalue weighted by Crippen LogP contribution is -2.27. The van der Waals surface area contributed by atoms with Crippen LogP contribution in [0, 0.1) is 6.92 Å². The fourth-order valence-electron chi connectivity index (χ4n) is 2.82. The Kier molecular flexibility index (Phi) is 6.11. The molecule has 3 aromatic rings. The van der Waals surface area contributed by atoms with Crippen molar-refractivity contribution < 1.29 is 14.3 Å². The van der Waals surface area contributed by atoms with Crippen LogP contribution in [0.5, 0.6) is 11.6 Å². The third-order valence-electron chi connectivity index (χ3n) is 4.26.